The molecule has 1 fully saturated rings. The highest BCUT2D eigenvalue weighted by Crippen LogP contribution is 2.37. The molecule has 1 saturated heterocycles. The topological polar surface area (TPSA) is 59.3 Å². The van der Waals surface area contributed by atoms with E-state index in [9.17, 15) is 5.11 Å². The molecule has 1 heterocycles. The number of nitrogens with zero attached hydrogens (tertiary/aromatic N) is 2. The van der Waals surface area contributed by atoms with E-state index in [-0.39, 0.29) is 36.6 Å². The maximum absolute atomic E-state index is 10.3. The van der Waals surface area contributed by atoms with Crippen LogP contribution in [-0.4, -0.2) is 36.2 Å². The lowest BCUT2D eigenvalue weighted by atomic mass is 9.99. The molecule has 0 spiro atoms. The third-order valence-electron chi connectivity index (χ3n) is 3.56. The van der Waals surface area contributed by atoms with E-state index < -0.39 is 0 Å². The van der Waals surface area contributed by atoms with E-state index in [0.717, 1.165) is 38.2 Å². The number of hydrogen-bond acceptors (Lipinski definition) is 4. The predicted octanol–water partition coefficient (Wildman–Crippen LogP) is 3.23. The smallest absolute Gasteiger partial charge is 0.134 e. The van der Waals surface area contributed by atoms with Crippen LogP contribution in [0.1, 0.15) is 30.5 Å². The van der Waals surface area contributed by atoms with Crippen LogP contribution in [0.15, 0.2) is 16.6 Å². The summed E-state index contributed by atoms with van der Waals surface area (Å²) in [6.45, 7) is 5.98. The predicted molar refractivity (Wildman–Crippen MR) is 92.5 cm³/mol. The Balaban J connectivity index is 0.00000200. The first kappa shape index (κ1) is 20.5. The van der Waals surface area contributed by atoms with E-state index in [0.29, 0.717) is 10.0 Å². The molecular weight excluding hydrogens is 377 g/mol. The minimum Gasteiger partial charge on any atom is -0.506 e. The van der Waals surface area contributed by atoms with Gasteiger partial charge in [0, 0.05) is 37.8 Å². The third kappa shape index (κ3) is 4.73. The number of aromatic hydroxyl groups is 1. The van der Waals surface area contributed by atoms with Gasteiger partial charge >= 0.3 is 0 Å². The van der Waals surface area contributed by atoms with Crippen LogP contribution in [0, 0.1) is 11.3 Å². The summed E-state index contributed by atoms with van der Waals surface area (Å²) in [7, 11) is 0. The molecule has 1 aromatic rings. The van der Waals surface area contributed by atoms with Gasteiger partial charge in [-0.05, 0) is 34.5 Å². The van der Waals surface area contributed by atoms with Gasteiger partial charge in [-0.3, -0.25) is 4.90 Å². The van der Waals surface area contributed by atoms with Gasteiger partial charge in [-0.2, -0.15) is 5.26 Å². The first-order chi connectivity index (χ1) is 9.17. The SMILES string of the molecule is CC[C@H](c1cc(C#N)cc(Br)c1O)N1CCNCC1.Cl.Cl. The van der Waals surface area contributed by atoms with Gasteiger partial charge in [-0.1, -0.05) is 6.92 Å². The number of piperazine rings is 1. The molecule has 0 saturated carbocycles. The zero-order valence-electron chi connectivity index (χ0n) is 11.8. The van der Waals surface area contributed by atoms with Crippen molar-refractivity contribution in [3.63, 3.8) is 0 Å². The van der Waals surface area contributed by atoms with Gasteiger partial charge in [0.25, 0.3) is 0 Å². The average Bonchev–Trinajstić information content (AvgIpc) is 2.45. The van der Waals surface area contributed by atoms with Crippen molar-refractivity contribution < 1.29 is 5.11 Å². The molecule has 7 heteroatoms. The van der Waals surface area contributed by atoms with Gasteiger partial charge in [0.1, 0.15) is 5.75 Å². The van der Waals surface area contributed by atoms with Crippen LogP contribution in [0.3, 0.4) is 0 Å². The van der Waals surface area contributed by atoms with Gasteiger partial charge in [0.05, 0.1) is 16.1 Å². The molecule has 21 heavy (non-hydrogen) atoms. The zero-order valence-corrected chi connectivity index (χ0v) is 15.0. The summed E-state index contributed by atoms with van der Waals surface area (Å²) in [4.78, 5) is 2.36. The number of nitrogens with one attached hydrogen (secondary N) is 1. The van der Waals surface area contributed by atoms with E-state index in [1.807, 2.05) is 0 Å². The number of nitriles is 1. The van der Waals surface area contributed by atoms with Crippen molar-refractivity contribution in [2.45, 2.75) is 19.4 Å². The fourth-order valence-electron chi connectivity index (χ4n) is 2.61. The molecule has 1 aliphatic heterocycles. The monoisotopic (exact) mass is 395 g/mol. The fourth-order valence-corrected chi connectivity index (χ4v) is 3.08. The van der Waals surface area contributed by atoms with Gasteiger partial charge in [-0.15, -0.1) is 24.8 Å². The molecule has 0 aromatic heterocycles. The van der Waals surface area contributed by atoms with E-state index in [2.05, 4.69) is 39.1 Å². The van der Waals surface area contributed by atoms with E-state index >= 15 is 0 Å². The molecule has 118 valence electrons. The summed E-state index contributed by atoms with van der Waals surface area (Å²) >= 11 is 3.33. The summed E-state index contributed by atoms with van der Waals surface area (Å²) in [5.41, 5.74) is 1.42. The zero-order chi connectivity index (χ0) is 13.8. The molecule has 0 unspecified atom stereocenters. The number of halogens is 3. The Morgan fingerprint density at radius 1 is 1.38 bits per heavy atom. The summed E-state index contributed by atoms with van der Waals surface area (Å²) in [6.07, 6.45) is 0.912. The van der Waals surface area contributed by atoms with Crippen molar-refractivity contribution in [1.29, 1.82) is 5.26 Å². The summed E-state index contributed by atoms with van der Waals surface area (Å²) in [5, 5.41) is 22.6. The van der Waals surface area contributed by atoms with Crippen molar-refractivity contribution in [2.24, 2.45) is 0 Å². The molecule has 2 rings (SSSR count). The quantitative estimate of drug-likeness (QED) is 0.823. The van der Waals surface area contributed by atoms with Crippen molar-refractivity contribution >= 4 is 40.7 Å². The number of rotatable bonds is 3. The van der Waals surface area contributed by atoms with Gasteiger partial charge in [-0.25, -0.2) is 0 Å². The molecule has 0 bridgehead atoms. The molecule has 2 N–H and O–H groups in total. The van der Waals surface area contributed by atoms with Crippen LogP contribution in [0.2, 0.25) is 0 Å². The lowest BCUT2D eigenvalue weighted by Gasteiger charge is -2.35. The lowest BCUT2D eigenvalue weighted by molar-refractivity contribution is 0.166. The van der Waals surface area contributed by atoms with Crippen molar-refractivity contribution in [3.05, 3.63) is 27.7 Å². The number of phenolic OH excluding ortho intramolecular Hbond substituents is 1. The van der Waals surface area contributed by atoms with Crippen LogP contribution in [-0.2, 0) is 0 Å². The Bertz CT molecular complexity index is 502. The van der Waals surface area contributed by atoms with Crippen LogP contribution >= 0.6 is 40.7 Å². The van der Waals surface area contributed by atoms with E-state index in [1.165, 1.54) is 0 Å². The molecule has 0 amide bonds. The number of benzene rings is 1. The Kier molecular flexibility index (Phi) is 9.26. The maximum atomic E-state index is 10.3. The first-order valence-electron chi connectivity index (χ1n) is 6.54. The molecular formula is C14H20BrCl2N3O. The van der Waals surface area contributed by atoms with E-state index in [4.69, 9.17) is 5.26 Å². The molecule has 0 aliphatic carbocycles. The normalized spacial score (nSPS) is 16.2. The van der Waals surface area contributed by atoms with Crippen molar-refractivity contribution in [1.82, 2.24) is 10.2 Å². The Hall–Kier alpha value is -0.510. The molecule has 1 aliphatic rings. The largest absolute Gasteiger partial charge is 0.506 e. The van der Waals surface area contributed by atoms with Gasteiger partial charge < -0.3 is 10.4 Å². The number of phenols is 1. The van der Waals surface area contributed by atoms with Crippen LogP contribution in [0.5, 0.6) is 5.75 Å². The summed E-state index contributed by atoms with van der Waals surface area (Å²) in [5.74, 6) is 0.254. The van der Waals surface area contributed by atoms with Crippen LogP contribution in [0.25, 0.3) is 0 Å². The second-order valence-corrected chi connectivity index (χ2v) is 5.57. The van der Waals surface area contributed by atoms with Gasteiger partial charge in [0.15, 0.2) is 0 Å². The summed E-state index contributed by atoms with van der Waals surface area (Å²) in [6, 6.07) is 5.76. The third-order valence-corrected chi connectivity index (χ3v) is 4.16. The van der Waals surface area contributed by atoms with Crippen LogP contribution in [0.4, 0.5) is 0 Å². The minimum atomic E-state index is 0. The van der Waals surface area contributed by atoms with Crippen LogP contribution < -0.4 is 5.32 Å². The lowest BCUT2D eigenvalue weighted by Crippen LogP contribution is -2.45. The Labute approximate surface area is 146 Å². The highest BCUT2D eigenvalue weighted by atomic mass is 79.9. The highest BCUT2D eigenvalue weighted by molar-refractivity contribution is 9.10. The fraction of sp³-hybridized carbons (Fsp3) is 0.500. The maximum Gasteiger partial charge on any atom is 0.134 e. The average molecular weight is 397 g/mol. The Morgan fingerprint density at radius 3 is 2.52 bits per heavy atom. The van der Waals surface area contributed by atoms with Crippen molar-refractivity contribution in [2.75, 3.05) is 26.2 Å². The van der Waals surface area contributed by atoms with Gasteiger partial charge in [0.2, 0.25) is 0 Å². The molecule has 0 radical (unpaired) electrons. The second kappa shape index (κ2) is 9.50. The molecule has 1 aromatic carbocycles. The number of hydrogen-bond donors (Lipinski definition) is 2. The highest BCUT2D eigenvalue weighted by Gasteiger charge is 2.24. The first-order valence-corrected chi connectivity index (χ1v) is 7.34. The molecule has 1 atom stereocenters. The summed E-state index contributed by atoms with van der Waals surface area (Å²) < 4.78 is 0.593. The standard InChI is InChI=1S/C14H18BrN3O.2ClH/c1-2-13(18-5-3-17-4-6-18)11-7-10(9-16)8-12(15)14(11)19;;/h7-8,13,17,19H,2-6H2,1H3;2*1H/t13-;;/m1../s1. The minimum absolute atomic E-state index is 0. The molecule has 4 nitrogen and oxygen atoms in total. The Morgan fingerprint density at radius 2 is 2.00 bits per heavy atom. The second-order valence-electron chi connectivity index (χ2n) is 4.72. The van der Waals surface area contributed by atoms with E-state index in [1.54, 1.807) is 12.1 Å². The van der Waals surface area contributed by atoms with Crippen molar-refractivity contribution in [3.8, 4) is 11.8 Å².